The summed E-state index contributed by atoms with van der Waals surface area (Å²) < 4.78 is 16.5. The third-order valence-corrected chi connectivity index (χ3v) is 4.31. The molecule has 0 spiro atoms. The number of aromatic nitrogens is 2. The van der Waals surface area contributed by atoms with Gasteiger partial charge >= 0.3 is 11.9 Å². The molecule has 156 valence electrons. The summed E-state index contributed by atoms with van der Waals surface area (Å²) in [5.74, 6) is -1.82. The van der Waals surface area contributed by atoms with Crippen molar-refractivity contribution in [2.45, 2.75) is 19.3 Å². The molecule has 0 bridgehead atoms. The Balaban J connectivity index is 1.52. The van der Waals surface area contributed by atoms with E-state index >= 15 is 0 Å². The van der Waals surface area contributed by atoms with Crippen LogP contribution in [0.2, 0.25) is 0 Å². The number of esters is 1. The minimum Gasteiger partial charge on any atom is -0.492 e. The lowest BCUT2D eigenvalue weighted by Gasteiger charge is -2.11. The maximum absolute atomic E-state index is 12.4. The molecule has 1 atom stereocenters. The Labute approximate surface area is 171 Å². The van der Waals surface area contributed by atoms with Crippen LogP contribution >= 0.6 is 0 Å². The molecule has 0 saturated heterocycles. The number of carbonyl (C=O) groups is 2. The fourth-order valence-electron chi connectivity index (χ4n) is 2.75. The van der Waals surface area contributed by atoms with Crippen molar-refractivity contribution in [3.8, 4) is 5.75 Å². The number of rotatable bonds is 9. The summed E-state index contributed by atoms with van der Waals surface area (Å²) in [5.41, 5.74) is 0.480. The number of carbonyl (C=O) groups excluding carboxylic acids is 1. The highest BCUT2D eigenvalue weighted by molar-refractivity contribution is 5.97. The van der Waals surface area contributed by atoms with E-state index in [2.05, 4.69) is 9.84 Å². The second-order valence-electron chi connectivity index (χ2n) is 6.31. The zero-order valence-corrected chi connectivity index (χ0v) is 16.2. The van der Waals surface area contributed by atoms with Crippen LogP contribution in [0.15, 0.2) is 59.5 Å². The van der Waals surface area contributed by atoms with Crippen LogP contribution in [0, 0.1) is 0 Å². The van der Waals surface area contributed by atoms with Crippen molar-refractivity contribution in [1.82, 2.24) is 9.78 Å². The van der Waals surface area contributed by atoms with Gasteiger partial charge in [0.25, 0.3) is 11.7 Å². The molecule has 2 aromatic carbocycles. The fraction of sp³-hybridized carbons (Fsp3) is 0.238. The number of methoxy groups -OCH3 is 1. The number of fused-ring (bicyclic) bond motifs is 1. The van der Waals surface area contributed by atoms with E-state index in [1.165, 1.54) is 4.68 Å². The van der Waals surface area contributed by atoms with E-state index in [-0.39, 0.29) is 25.3 Å². The fourth-order valence-corrected chi connectivity index (χ4v) is 2.75. The van der Waals surface area contributed by atoms with Crippen LogP contribution in [0.25, 0.3) is 10.8 Å². The molecular formula is C21H20N2O7. The van der Waals surface area contributed by atoms with Gasteiger partial charge in [-0.2, -0.15) is 5.10 Å². The Morgan fingerprint density at radius 3 is 2.57 bits per heavy atom. The molecule has 0 aliphatic carbocycles. The number of carboxylic acid groups (broad SMARTS) is 1. The van der Waals surface area contributed by atoms with Crippen LogP contribution in [-0.4, -0.2) is 46.6 Å². The minimum atomic E-state index is -1.65. The number of benzene rings is 2. The summed E-state index contributed by atoms with van der Waals surface area (Å²) in [7, 11) is 1.12. The molecule has 0 saturated carbocycles. The molecule has 0 radical (unpaired) electrons. The lowest BCUT2D eigenvalue weighted by atomic mass is 10.2. The molecule has 3 aromatic rings. The predicted molar refractivity (Wildman–Crippen MR) is 106 cm³/mol. The molecule has 1 aromatic heterocycles. The largest absolute Gasteiger partial charge is 0.492 e. The zero-order chi connectivity index (χ0) is 21.5. The second kappa shape index (κ2) is 9.66. The first-order valence-corrected chi connectivity index (χ1v) is 9.08. The molecule has 30 heavy (non-hydrogen) atoms. The normalized spacial score (nSPS) is 11.8. The summed E-state index contributed by atoms with van der Waals surface area (Å²) in [6.07, 6.45) is -0.00887. The molecule has 1 heterocycles. The van der Waals surface area contributed by atoms with Crippen molar-refractivity contribution < 1.29 is 28.9 Å². The molecule has 0 fully saturated rings. The van der Waals surface area contributed by atoms with E-state index in [0.717, 1.165) is 12.5 Å². The first-order chi connectivity index (χ1) is 14.5. The number of hydrogen-bond donors (Lipinski definition) is 1. The Morgan fingerprint density at radius 2 is 1.87 bits per heavy atom. The molecule has 0 amide bonds. The van der Waals surface area contributed by atoms with Crippen molar-refractivity contribution in [3.63, 3.8) is 0 Å². The average Bonchev–Trinajstić information content (AvgIpc) is 2.75. The van der Waals surface area contributed by atoms with Crippen molar-refractivity contribution in [1.29, 1.82) is 0 Å². The van der Waals surface area contributed by atoms with Gasteiger partial charge in [0, 0.05) is 12.5 Å². The van der Waals surface area contributed by atoms with Gasteiger partial charge < -0.3 is 19.3 Å². The van der Waals surface area contributed by atoms with Gasteiger partial charge in [-0.15, -0.1) is 0 Å². The number of ether oxygens (including phenoxy) is 3. The summed E-state index contributed by atoms with van der Waals surface area (Å²) in [5, 5.41) is 14.4. The smallest absolute Gasteiger partial charge is 0.347 e. The van der Waals surface area contributed by atoms with E-state index in [1.54, 1.807) is 42.6 Å². The monoisotopic (exact) mass is 412 g/mol. The minimum absolute atomic E-state index is 0.0946. The number of carboxylic acids is 1. The number of hydrogen-bond acceptors (Lipinski definition) is 7. The summed E-state index contributed by atoms with van der Waals surface area (Å²) in [4.78, 5) is 34.9. The van der Waals surface area contributed by atoms with E-state index < -0.39 is 18.0 Å². The maximum atomic E-state index is 12.4. The Bertz CT molecular complexity index is 1090. The molecule has 9 heteroatoms. The number of nitrogens with zero attached hydrogens (tertiary/aromatic N) is 2. The lowest BCUT2D eigenvalue weighted by molar-refractivity contribution is -0.168. The van der Waals surface area contributed by atoms with Crippen molar-refractivity contribution in [2.24, 2.45) is 0 Å². The highest BCUT2D eigenvalue weighted by Gasteiger charge is 2.27. The first kappa shape index (κ1) is 21.0. The third kappa shape index (κ3) is 5.00. The Kier molecular flexibility index (Phi) is 6.76. The van der Waals surface area contributed by atoms with E-state index in [0.29, 0.717) is 16.7 Å². The summed E-state index contributed by atoms with van der Waals surface area (Å²) in [6, 6.07) is 14.0. The zero-order valence-electron chi connectivity index (χ0n) is 16.2. The van der Waals surface area contributed by atoms with Gasteiger partial charge in [0.2, 0.25) is 0 Å². The van der Waals surface area contributed by atoms with Crippen LogP contribution in [0.5, 0.6) is 5.75 Å². The predicted octanol–water partition coefficient (Wildman–Crippen LogP) is 1.62. The van der Waals surface area contributed by atoms with Crippen LogP contribution < -0.4 is 10.3 Å². The average molecular weight is 412 g/mol. The highest BCUT2D eigenvalue weighted by Crippen LogP contribution is 2.13. The summed E-state index contributed by atoms with van der Waals surface area (Å²) >= 11 is 0. The molecule has 1 N–H and O–H groups in total. The highest BCUT2D eigenvalue weighted by atomic mass is 16.6. The molecular weight excluding hydrogens is 392 g/mol. The van der Waals surface area contributed by atoms with E-state index in [4.69, 9.17) is 14.6 Å². The van der Waals surface area contributed by atoms with Gasteiger partial charge in [-0.1, -0.05) is 30.3 Å². The van der Waals surface area contributed by atoms with Gasteiger partial charge in [-0.3, -0.25) is 4.79 Å². The Hall–Kier alpha value is -3.72. The quantitative estimate of drug-likeness (QED) is 0.416. The molecule has 9 nitrogen and oxygen atoms in total. The van der Waals surface area contributed by atoms with Crippen LogP contribution in [0.3, 0.4) is 0 Å². The maximum Gasteiger partial charge on any atom is 0.347 e. The summed E-state index contributed by atoms with van der Waals surface area (Å²) in [6.45, 7) is 0.437. The first-order valence-electron chi connectivity index (χ1n) is 9.08. The van der Waals surface area contributed by atoms with Crippen LogP contribution in [-0.2, 0) is 32.2 Å². The van der Waals surface area contributed by atoms with Gasteiger partial charge in [0.05, 0.1) is 18.1 Å². The lowest BCUT2D eigenvalue weighted by Crippen LogP contribution is -2.33. The third-order valence-electron chi connectivity index (χ3n) is 4.31. The van der Waals surface area contributed by atoms with Crippen LogP contribution in [0.4, 0.5) is 0 Å². The van der Waals surface area contributed by atoms with Gasteiger partial charge in [0.15, 0.2) is 0 Å². The SMILES string of the molecule is COC(C(=O)O)C(=O)OCc1ccc(OCCn2ncc3ccccc3c2=O)cc1. The van der Waals surface area contributed by atoms with Gasteiger partial charge in [-0.25, -0.2) is 14.3 Å². The number of aliphatic carboxylic acids is 1. The molecule has 1 unspecified atom stereocenters. The van der Waals surface area contributed by atoms with E-state index in [9.17, 15) is 14.4 Å². The topological polar surface area (TPSA) is 117 Å². The van der Waals surface area contributed by atoms with Gasteiger partial charge in [-0.05, 0) is 23.8 Å². The Morgan fingerprint density at radius 1 is 1.13 bits per heavy atom. The van der Waals surface area contributed by atoms with Crippen LogP contribution in [0.1, 0.15) is 5.56 Å². The second-order valence-corrected chi connectivity index (χ2v) is 6.31. The van der Waals surface area contributed by atoms with Crippen molar-refractivity contribution in [2.75, 3.05) is 13.7 Å². The standard InChI is InChI=1S/C21H20N2O7/c1-28-18(20(25)26)21(27)30-13-14-6-8-16(9-7-14)29-11-10-23-19(24)17-5-3-2-4-15(17)12-22-23/h2-9,12,18H,10-11,13H2,1H3,(H,25,26). The van der Waals surface area contributed by atoms with Crippen molar-refractivity contribution >= 4 is 22.7 Å². The molecule has 0 aliphatic heterocycles. The van der Waals surface area contributed by atoms with Crippen molar-refractivity contribution in [3.05, 3.63) is 70.6 Å². The molecule has 3 rings (SSSR count). The molecule has 0 aliphatic rings. The van der Waals surface area contributed by atoms with E-state index in [1.807, 2.05) is 12.1 Å². The van der Waals surface area contributed by atoms with Gasteiger partial charge in [0.1, 0.15) is 19.0 Å².